The van der Waals surface area contributed by atoms with E-state index >= 15 is 0 Å². The van der Waals surface area contributed by atoms with Gasteiger partial charge in [-0.05, 0) is 89.2 Å². The van der Waals surface area contributed by atoms with Gasteiger partial charge in [0.1, 0.15) is 22.9 Å². The monoisotopic (exact) mass is 736 g/mol. The topological polar surface area (TPSA) is 116 Å². The average molecular weight is 737 g/mol. The first-order chi connectivity index (χ1) is 25.4. The number of imidazole rings is 2. The van der Waals surface area contributed by atoms with Gasteiger partial charge in [0, 0.05) is 36.6 Å². The van der Waals surface area contributed by atoms with Crippen LogP contribution in [0, 0.1) is 10.8 Å². The van der Waals surface area contributed by atoms with Crippen LogP contribution in [0.1, 0.15) is 118 Å². The van der Waals surface area contributed by atoms with E-state index in [1.165, 1.54) is 25.7 Å². The summed E-state index contributed by atoms with van der Waals surface area (Å²) in [6.07, 6.45) is 12.5. The zero-order valence-corrected chi connectivity index (χ0v) is 33.7. The molecule has 290 valence electrons. The predicted octanol–water partition coefficient (Wildman–Crippen LogP) is 10.8. The summed E-state index contributed by atoms with van der Waals surface area (Å²) in [6, 6.07) is 16.7. The van der Waals surface area contributed by atoms with Crippen molar-refractivity contribution in [1.29, 1.82) is 0 Å². The van der Waals surface area contributed by atoms with E-state index in [1.807, 2.05) is 63.7 Å². The molecule has 2 fully saturated rings. The maximum atomic E-state index is 13.2. The zero-order chi connectivity index (χ0) is 38.7. The van der Waals surface area contributed by atoms with Crippen molar-refractivity contribution in [2.45, 2.75) is 131 Å². The number of benzene rings is 2. The standard InChI is InChI=1S/C44H60N6O4/c1-41(2,3)53-39(51)49(29-43(7)21-9-10-22-43)27-37-45-25-35(47-37)33-17-13-31(14-18-33)32-15-19-34(20-16-32)36-26-46-38(48-36)28-50(40(52)54-42(4,5)6)30-44(8)23-11-12-24-44/h13-20,25-26H,9-12,21-24,27-30H2,1-8H3,(H,45,47)(H,46,48). The number of carbonyl (C=O) groups is 2. The van der Waals surface area contributed by atoms with Crippen LogP contribution in [0.3, 0.4) is 0 Å². The Hall–Kier alpha value is -4.60. The third-order valence-corrected chi connectivity index (χ3v) is 10.7. The third kappa shape index (κ3) is 10.3. The van der Waals surface area contributed by atoms with Crippen LogP contribution >= 0.6 is 0 Å². The van der Waals surface area contributed by atoms with Crippen molar-refractivity contribution in [3.63, 3.8) is 0 Å². The minimum atomic E-state index is -0.565. The number of rotatable bonds is 11. The molecule has 2 aliphatic carbocycles. The van der Waals surface area contributed by atoms with Crippen LogP contribution in [-0.4, -0.2) is 66.2 Å². The molecule has 0 bridgehead atoms. The number of carbonyl (C=O) groups excluding carboxylic acids is 2. The molecule has 0 aliphatic heterocycles. The Morgan fingerprint density at radius 2 is 0.907 bits per heavy atom. The van der Waals surface area contributed by atoms with Gasteiger partial charge < -0.3 is 29.2 Å². The first kappa shape index (κ1) is 39.1. The Morgan fingerprint density at radius 1 is 0.593 bits per heavy atom. The lowest BCUT2D eigenvalue weighted by molar-refractivity contribution is 0.0137. The SMILES string of the molecule is CC1(CN(Cc2nc(-c3ccc(-c4ccc(-c5c[nH]c(CN(CC6(C)CCCC6)C(=O)OC(C)(C)C)n5)cc4)cc3)c[nH]2)C(=O)OC(C)(C)C)CCCC1. The van der Waals surface area contributed by atoms with Crippen LogP contribution < -0.4 is 0 Å². The van der Waals surface area contributed by atoms with Crippen molar-refractivity contribution < 1.29 is 19.1 Å². The van der Waals surface area contributed by atoms with Crippen molar-refractivity contribution in [3.05, 3.63) is 72.6 Å². The van der Waals surface area contributed by atoms with Gasteiger partial charge in [-0.25, -0.2) is 19.6 Å². The van der Waals surface area contributed by atoms with Crippen LogP contribution in [0.15, 0.2) is 60.9 Å². The fourth-order valence-corrected chi connectivity index (χ4v) is 7.93. The number of amides is 2. The van der Waals surface area contributed by atoms with E-state index in [4.69, 9.17) is 19.4 Å². The predicted molar refractivity (Wildman–Crippen MR) is 213 cm³/mol. The molecule has 0 spiro atoms. The second kappa shape index (κ2) is 15.6. The molecule has 2 aliphatic rings. The molecular formula is C44H60N6O4. The van der Waals surface area contributed by atoms with Crippen molar-refractivity contribution in [3.8, 4) is 33.6 Å². The van der Waals surface area contributed by atoms with E-state index < -0.39 is 11.2 Å². The highest BCUT2D eigenvalue weighted by atomic mass is 16.6. The second-order valence-electron chi connectivity index (χ2n) is 18.3. The Kier molecular flexibility index (Phi) is 11.3. The van der Waals surface area contributed by atoms with Gasteiger partial charge in [0.05, 0.1) is 24.5 Å². The number of nitrogens with zero attached hydrogens (tertiary/aromatic N) is 4. The highest BCUT2D eigenvalue weighted by molar-refractivity contribution is 5.72. The molecule has 2 N–H and O–H groups in total. The number of H-pyrrole nitrogens is 2. The molecule has 6 rings (SSSR count). The van der Waals surface area contributed by atoms with Crippen LogP contribution in [0.4, 0.5) is 9.59 Å². The zero-order valence-electron chi connectivity index (χ0n) is 33.7. The lowest BCUT2D eigenvalue weighted by Crippen LogP contribution is -2.42. The number of hydrogen-bond donors (Lipinski definition) is 2. The molecule has 0 atom stereocenters. The maximum Gasteiger partial charge on any atom is 0.410 e. The van der Waals surface area contributed by atoms with Crippen LogP contribution in [0.2, 0.25) is 0 Å². The maximum absolute atomic E-state index is 13.2. The van der Waals surface area contributed by atoms with Gasteiger partial charge >= 0.3 is 12.2 Å². The molecule has 10 nitrogen and oxygen atoms in total. The molecule has 0 saturated heterocycles. The summed E-state index contributed by atoms with van der Waals surface area (Å²) in [7, 11) is 0. The fourth-order valence-electron chi connectivity index (χ4n) is 7.93. The lowest BCUT2D eigenvalue weighted by atomic mass is 9.88. The quantitative estimate of drug-likeness (QED) is 0.158. The van der Waals surface area contributed by atoms with Crippen molar-refractivity contribution in [1.82, 2.24) is 29.7 Å². The van der Waals surface area contributed by atoms with E-state index in [2.05, 4.69) is 72.3 Å². The van der Waals surface area contributed by atoms with Gasteiger partial charge in [-0.3, -0.25) is 0 Å². The Labute approximate surface area is 321 Å². The molecule has 0 unspecified atom stereocenters. The van der Waals surface area contributed by atoms with Gasteiger partial charge in [-0.15, -0.1) is 0 Å². The van der Waals surface area contributed by atoms with Gasteiger partial charge in [0.2, 0.25) is 0 Å². The van der Waals surface area contributed by atoms with E-state index in [1.54, 1.807) is 0 Å². The minimum absolute atomic E-state index is 0.0968. The van der Waals surface area contributed by atoms with Gasteiger partial charge in [-0.1, -0.05) is 88.1 Å². The van der Waals surface area contributed by atoms with E-state index in [9.17, 15) is 9.59 Å². The minimum Gasteiger partial charge on any atom is -0.444 e. The molecule has 4 aromatic rings. The third-order valence-electron chi connectivity index (χ3n) is 10.7. The van der Waals surface area contributed by atoms with Gasteiger partial charge in [0.15, 0.2) is 0 Å². The number of aromatic amines is 2. The van der Waals surface area contributed by atoms with Crippen molar-refractivity contribution in [2.75, 3.05) is 13.1 Å². The Bertz CT molecular complexity index is 1730. The van der Waals surface area contributed by atoms with Crippen LogP contribution in [0.5, 0.6) is 0 Å². The average Bonchev–Trinajstić information content (AvgIpc) is 3.92. The van der Waals surface area contributed by atoms with Crippen LogP contribution in [-0.2, 0) is 22.6 Å². The first-order valence-electron chi connectivity index (χ1n) is 19.7. The summed E-state index contributed by atoms with van der Waals surface area (Å²) in [5.41, 5.74) is 4.91. The molecule has 2 heterocycles. The Balaban J connectivity index is 1.10. The van der Waals surface area contributed by atoms with Crippen LogP contribution in [0.25, 0.3) is 33.6 Å². The van der Waals surface area contributed by atoms with Gasteiger partial charge in [-0.2, -0.15) is 0 Å². The van der Waals surface area contributed by atoms with Gasteiger partial charge in [0.25, 0.3) is 0 Å². The number of aromatic nitrogens is 4. The lowest BCUT2D eigenvalue weighted by Gasteiger charge is -2.33. The highest BCUT2D eigenvalue weighted by Gasteiger charge is 2.36. The highest BCUT2D eigenvalue weighted by Crippen LogP contribution is 2.40. The largest absolute Gasteiger partial charge is 0.444 e. The molecule has 10 heteroatoms. The number of hydrogen-bond acceptors (Lipinski definition) is 6. The molecule has 54 heavy (non-hydrogen) atoms. The first-order valence-corrected chi connectivity index (χ1v) is 19.7. The summed E-state index contributed by atoms with van der Waals surface area (Å²) < 4.78 is 11.6. The fraction of sp³-hybridized carbons (Fsp3) is 0.545. The molecular weight excluding hydrogens is 677 g/mol. The molecule has 2 aromatic heterocycles. The van der Waals surface area contributed by atoms with Crippen molar-refractivity contribution in [2.24, 2.45) is 10.8 Å². The number of ether oxygens (including phenoxy) is 2. The smallest absolute Gasteiger partial charge is 0.410 e. The summed E-state index contributed by atoms with van der Waals surface area (Å²) in [5, 5.41) is 0. The van der Waals surface area contributed by atoms with E-state index in [0.717, 1.165) is 71.0 Å². The van der Waals surface area contributed by atoms with Crippen molar-refractivity contribution >= 4 is 12.2 Å². The summed E-state index contributed by atoms with van der Waals surface area (Å²) in [4.78, 5) is 46.5. The molecule has 2 amide bonds. The Morgan fingerprint density at radius 3 is 1.22 bits per heavy atom. The summed E-state index contributed by atoms with van der Waals surface area (Å²) in [6.45, 7) is 18.0. The summed E-state index contributed by atoms with van der Waals surface area (Å²) >= 11 is 0. The molecule has 2 saturated carbocycles. The normalized spacial score (nSPS) is 16.7. The van der Waals surface area contributed by atoms with E-state index in [-0.39, 0.29) is 23.0 Å². The van der Waals surface area contributed by atoms with E-state index in [0.29, 0.717) is 26.2 Å². The summed E-state index contributed by atoms with van der Waals surface area (Å²) in [5.74, 6) is 1.47. The number of nitrogens with one attached hydrogen (secondary N) is 2. The molecule has 2 aromatic carbocycles. The molecule has 0 radical (unpaired) electrons. The second-order valence-corrected chi connectivity index (χ2v) is 18.3.